The van der Waals surface area contributed by atoms with Gasteiger partial charge < -0.3 is 9.64 Å². The van der Waals surface area contributed by atoms with Crippen molar-refractivity contribution in [1.29, 1.82) is 0 Å². The summed E-state index contributed by atoms with van der Waals surface area (Å²) >= 11 is 0. The first kappa shape index (κ1) is 13.9. The number of hydrogen-bond donors (Lipinski definition) is 0. The van der Waals surface area contributed by atoms with E-state index in [-0.39, 0.29) is 0 Å². The lowest BCUT2D eigenvalue weighted by atomic mass is 9.95. The van der Waals surface area contributed by atoms with Gasteiger partial charge in [0.2, 0.25) is 0 Å². The van der Waals surface area contributed by atoms with Gasteiger partial charge in [-0.1, -0.05) is 31.2 Å². The summed E-state index contributed by atoms with van der Waals surface area (Å²) in [5, 5.41) is 2.53. The molecule has 0 radical (unpaired) electrons. The maximum atomic E-state index is 5.26. The molecule has 0 fully saturated rings. The topological polar surface area (TPSA) is 12.5 Å². The summed E-state index contributed by atoms with van der Waals surface area (Å²) in [5.74, 6) is 1.51. The van der Waals surface area contributed by atoms with Gasteiger partial charge in [-0.3, -0.25) is 0 Å². The van der Waals surface area contributed by atoms with Gasteiger partial charge in [-0.05, 0) is 61.4 Å². The van der Waals surface area contributed by atoms with E-state index >= 15 is 0 Å². The minimum Gasteiger partial charge on any atom is -0.497 e. The van der Waals surface area contributed by atoms with Crippen LogP contribution in [0.15, 0.2) is 36.4 Å². The van der Waals surface area contributed by atoms with Gasteiger partial charge >= 0.3 is 0 Å². The van der Waals surface area contributed by atoms with E-state index in [1.165, 1.54) is 22.8 Å². The highest BCUT2D eigenvalue weighted by molar-refractivity contribution is 5.84. The van der Waals surface area contributed by atoms with E-state index in [1.54, 1.807) is 7.11 Å². The van der Waals surface area contributed by atoms with Crippen molar-refractivity contribution < 1.29 is 4.74 Å². The summed E-state index contributed by atoms with van der Waals surface area (Å²) < 4.78 is 5.26. The minimum atomic E-state index is 0.592. The van der Waals surface area contributed by atoms with Crippen molar-refractivity contribution in [1.82, 2.24) is 4.90 Å². The van der Waals surface area contributed by atoms with E-state index in [2.05, 4.69) is 56.3 Å². The molecule has 19 heavy (non-hydrogen) atoms. The average Bonchev–Trinajstić information content (AvgIpc) is 2.43. The monoisotopic (exact) mass is 257 g/mol. The fraction of sp³-hybridized carbons (Fsp3) is 0.412. The normalized spacial score (nSPS) is 12.9. The van der Waals surface area contributed by atoms with Crippen molar-refractivity contribution in [2.45, 2.75) is 19.3 Å². The largest absolute Gasteiger partial charge is 0.497 e. The van der Waals surface area contributed by atoms with E-state index in [1.807, 2.05) is 6.07 Å². The predicted octanol–water partition coefficient (Wildman–Crippen LogP) is 3.90. The smallest absolute Gasteiger partial charge is 0.119 e. The number of nitrogens with zero attached hydrogens (tertiary/aromatic N) is 1. The Morgan fingerprint density at radius 2 is 1.74 bits per heavy atom. The number of hydrogen-bond acceptors (Lipinski definition) is 2. The predicted molar refractivity (Wildman–Crippen MR) is 82.1 cm³/mol. The number of ether oxygens (including phenoxy) is 1. The highest BCUT2D eigenvalue weighted by Gasteiger charge is 2.07. The molecule has 0 aliphatic heterocycles. The number of methoxy groups -OCH3 is 1. The lowest BCUT2D eigenvalue weighted by molar-refractivity contribution is 0.386. The molecule has 2 rings (SSSR count). The van der Waals surface area contributed by atoms with Crippen LogP contribution >= 0.6 is 0 Å². The number of fused-ring (bicyclic) bond motifs is 1. The van der Waals surface area contributed by atoms with Gasteiger partial charge in [-0.15, -0.1) is 0 Å². The quantitative estimate of drug-likeness (QED) is 0.805. The van der Waals surface area contributed by atoms with Crippen molar-refractivity contribution >= 4 is 10.8 Å². The molecule has 102 valence electrons. The molecular formula is C17H23NO. The molecule has 2 aromatic rings. The third-order valence-electron chi connectivity index (χ3n) is 3.65. The minimum absolute atomic E-state index is 0.592. The molecule has 0 bridgehead atoms. The number of benzene rings is 2. The maximum absolute atomic E-state index is 5.26. The third kappa shape index (κ3) is 3.48. The Morgan fingerprint density at radius 3 is 2.42 bits per heavy atom. The fourth-order valence-electron chi connectivity index (χ4n) is 2.29. The molecule has 0 aliphatic rings. The van der Waals surface area contributed by atoms with Crippen LogP contribution in [-0.2, 0) is 0 Å². The van der Waals surface area contributed by atoms with E-state index in [0.29, 0.717) is 5.92 Å². The zero-order chi connectivity index (χ0) is 13.8. The zero-order valence-corrected chi connectivity index (χ0v) is 12.3. The van der Waals surface area contributed by atoms with Crippen LogP contribution in [0.3, 0.4) is 0 Å². The first-order valence-electron chi connectivity index (χ1n) is 6.82. The molecule has 0 amide bonds. The van der Waals surface area contributed by atoms with Crippen molar-refractivity contribution in [3.63, 3.8) is 0 Å². The van der Waals surface area contributed by atoms with Crippen molar-refractivity contribution in [2.75, 3.05) is 27.7 Å². The van der Waals surface area contributed by atoms with Crippen LogP contribution in [0.1, 0.15) is 24.8 Å². The van der Waals surface area contributed by atoms with E-state index in [4.69, 9.17) is 4.74 Å². The first-order chi connectivity index (χ1) is 9.10. The van der Waals surface area contributed by atoms with Crippen LogP contribution < -0.4 is 4.74 Å². The van der Waals surface area contributed by atoms with Crippen LogP contribution in [0, 0.1) is 0 Å². The molecule has 2 nitrogen and oxygen atoms in total. The lowest BCUT2D eigenvalue weighted by Crippen LogP contribution is -2.15. The molecule has 1 unspecified atom stereocenters. The average molecular weight is 257 g/mol. The van der Waals surface area contributed by atoms with E-state index in [9.17, 15) is 0 Å². The summed E-state index contributed by atoms with van der Waals surface area (Å²) in [7, 11) is 5.96. The molecule has 1 atom stereocenters. The fourth-order valence-corrected chi connectivity index (χ4v) is 2.29. The molecule has 2 heteroatoms. The Balaban J connectivity index is 2.21. The third-order valence-corrected chi connectivity index (χ3v) is 3.65. The van der Waals surface area contributed by atoms with Crippen LogP contribution in [0.5, 0.6) is 5.75 Å². The summed E-state index contributed by atoms with van der Waals surface area (Å²) in [6.45, 7) is 3.43. The highest BCUT2D eigenvalue weighted by atomic mass is 16.5. The second-order valence-electron chi connectivity index (χ2n) is 5.47. The Kier molecular flexibility index (Phi) is 4.43. The second kappa shape index (κ2) is 6.07. The van der Waals surface area contributed by atoms with Crippen molar-refractivity contribution in [3.8, 4) is 5.75 Å². The molecular weight excluding hydrogens is 234 g/mol. The number of rotatable bonds is 5. The van der Waals surface area contributed by atoms with Crippen molar-refractivity contribution in [3.05, 3.63) is 42.0 Å². The molecule has 2 aromatic carbocycles. The van der Waals surface area contributed by atoms with Crippen LogP contribution in [0.4, 0.5) is 0 Å². The standard InChI is InChI=1S/C17H23NO/c1-13(9-10-18(2)3)14-5-6-16-12-17(19-4)8-7-15(16)11-14/h5-8,11-13H,9-10H2,1-4H3. The Labute approximate surface area is 116 Å². The zero-order valence-electron chi connectivity index (χ0n) is 12.3. The summed E-state index contributed by atoms with van der Waals surface area (Å²) in [4.78, 5) is 2.24. The first-order valence-corrected chi connectivity index (χ1v) is 6.82. The van der Waals surface area contributed by atoms with Gasteiger partial charge in [0.25, 0.3) is 0 Å². The van der Waals surface area contributed by atoms with Gasteiger partial charge in [0, 0.05) is 0 Å². The molecule has 0 saturated heterocycles. The van der Waals surface area contributed by atoms with Crippen LogP contribution in [-0.4, -0.2) is 32.6 Å². The van der Waals surface area contributed by atoms with Gasteiger partial charge in [0.05, 0.1) is 7.11 Å². The molecule has 0 N–H and O–H groups in total. The lowest BCUT2D eigenvalue weighted by Gasteiger charge is -2.16. The summed E-state index contributed by atoms with van der Waals surface area (Å²) in [6, 6.07) is 13.0. The van der Waals surface area contributed by atoms with E-state index < -0.39 is 0 Å². The summed E-state index contributed by atoms with van der Waals surface area (Å²) in [6.07, 6.45) is 1.19. The molecule has 0 spiro atoms. The Bertz CT molecular complexity index is 548. The molecule has 0 aromatic heterocycles. The van der Waals surface area contributed by atoms with E-state index in [0.717, 1.165) is 12.3 Å². The van der Waals surface area contributed by atoms with Crippen molar-refractivity contribution in [2.24, 2.45) is 0 Å². The van der Waals surface area contributed by atoms with Gasteiger partial charge in [-0.2, -0.15) is 0 Å². The molecule has 0 aliphatic carbocycles. The SMILES string of the molecule is COc1ccc2cc(C(C)CCN(C)C)ccc2c1. The Hall–Kier alpha value is -1.54. The van der Waals surface area contributed by atoms with Gasteiger partial charge in [0.15, 0.2) is 0 Å². The second-order valence-corrected chi connectivity index (χ2v) is 5.47. The Morgan fingerprint density at radius 1 is 1.05 bits per heavy atom. The van der Waals surface area contributed by atoms with Crippen LogP contribution in [0.2, 0.25) is 0 Å². The van der Waals surface area contributed by atoms with Gasteiger partial charge in [-0.25, -0.2) is 0 Å². The summed E-state index contributed by atoms with van der Waals surface area (Å²) in [5.41, 5.74) is 1.42. The van der Waals surface area contributed by atoms with Gasteiger partial charge in [0.1, 0.15) is 5.75 Å². The molecule has 0 heterocycles. The van der Waals surface area contributed by atoms with Crippen LogP contribution in [0.25, 0.3) is 10.8 Å². The maximum Gasteiger partial charge on any atom is 0.119 e. The molecule has 0 saturated carbocycles. The highest BCUT2D eigenvalue weighted by Crippen LogP contribution is 2.26.